The van der Waals surface area contributed by atoms with E-state index in [9.17, 15) is 55.9 Å². The average molecular weight is 655 g/mol. The van der Waals surface area contributed by atoms with Crippen LogP contribution in [0.15, 0.2) is 33.5 Å². The van der Waals surface area contributed by atoms with Crippen LogP contribution >= 0.6 is 0 Å². The van der Waals surface area contributed by atoms with Crippen LogP contribution in [0, 0.1) is 0 Å². The van der Waals surface area contributed by atoms with Crippen LogP contribution < -0.4 is 19.6 Å². The van der Waals surface area contributed by atoms with E-state index < -0.39 is 102 Å². The Morgan fingerprint density at radius 1 is 0.696 bits per heavy atom. The number of benzene rings is 2. The summed E-state index contributed by atoms with van der Waals surface area (Å²) >= 11 is 0. The van der Waals surface area contributed by atoms with E-state index in [1.165, 1.54) is 26.4 Å². The van der Waals surface area contributed by atoms with E-state index in [2.05, 4.69) is 0 Å². The molecule has 10 atom stereocenters. The molecule has 5 rings (SSSR count). The van der Waals surface area contributed by atoms with Gasteiger partial charge in [0.15, 0.2) is 16.9 Å². The monoisotopic (exact) mass is 654 g/mol. The van der Waals surface area contributed by atoms with Crippen LogP contribution in [0.2, 0.25) is 0 Å². The van der Waals surface area contributed by atoms with Crippen LogP contribution in [-0.2, 0) is 9.47 Å². The summed E-state index contributed by atoms with van der Waals surface area (Å²) < 4.78 is 33.1. The molecule has 252 valence electrons. The van der Waals surface area contributed by atoms with Crippen molar-refractivity contribution in [1.29, 1.82) is 0 Å². The summed E-state index contributed by atoms with van der Waals surface area (Å²) in [6, 6.07) is 4.74. The Kier molecular flexibility index (Phi) is 9.62. The second kappa shape index (κ2) is 13.2. The third kappa shape index (κ3) is 5.71. The first-order valence-electron chi connectivity index (χ1n) is 13.9. The SMILES string of the molecule is COc1cc(-c2cc(=O)c3c(O)c([C@@H]4OC(CO)[C@@H](O)[C@H](O)C4O)c(O[C@@H]4OC(CO)[C@@H](O)[C@H](O)C4O)cc3o2)cc(OC)c1O. The maximum atomic E-state index is 13.5. The van der Waals surface area contributed by atoms with Crippen molar-refractivity contribution < 1.29 is 79.2 Å². The number of aliphatic hydroxyl groups is 8. The zero-order valence-corrected chi connectivity index (χ0v) is 24.3. The van der Waals surface area contributed by atoms with Crippen molar-refractivity contribution >= 4 is 11.0 Å². The predicted molar refractivity (Wildman–Crippen MR) is 151 cm³/mol. The number of rotatable bonds is 8. The van der Waals surface area contributed by atoms with Gasteiger partial charge in [-0.25, -0.2) is 0 Å². The lowest BCUT2D eigenvalue weighted by atomic mass is 9.89. The molecule has 17 nitrogen and oxygen atoms in total. The molecule has 46 heavy (non-hydrogen) atoms. The molecular weight excluding hydrogens is 620 g/mol. The summed E-state index contributed by atoms with van der Waals surface area (Å²) in [5.74, 6) is -1.86. The highest BCUT2D eigenvalue weighted by Gasteiger charge is 2.48. The normalized spacial score (nSPS) is 31.5. The molecule has 0 saturated carbocycles. The highest BCUT2D eigenvalue weighted by molar-refractivity contribution is 5.88. The quantitative estimate of drug-likeness (QED) is 0.121. The van der Waals surface area contributed by atoms with Gasteiger partial charge in [0.25, 0.3) is 0 Å². The van der Waals surface area contributed by atoms with E-state index in [4.69, 9.17) is 28.1 Å². The molecule has 0 spiro atoms. The van der Waals surface area contributed by atoms with Crippen LogP contribution in [0.1, 0.15) is 11.7 Å². The van der Waals surface area contributed by atoms with Crippen molar-refractivity contribution in [2.24, 2.45) is 0 Å². The highest BCUT2D eigenvalue weighted by Crippen LogP contribution is 2.47. The van der Waals surface area contributed by atoms with E-state index >= 15 is 0 Å². The first-order chi connectivity index (χ1) is 21.9. The van der Waals surface area contributed by atoms with Crippen molar-refractivity contribution in [2.75, 3.05) is 27.4 Å². The molecule has 17 heteroatoms. The van der Waals surface area contributed by atoms with Crippen molar-refractivity contribution in [3.05, 3.63) is 40.1 Å². The Hall–Kier alpha value is -3.75. The number of ether oxygens (including phenoxy) is 5. The van der Waals surface area contributed by atoms with Gasteiger partial charge in [-0.15, -0.1) is 0 Å². The van der Waals surface area contributed by atoms with Gasteiger partial charge in [-0.2, -0.15) is 0 Å². The predicted octanol–water partition coefficient (Wildman–Crippen LogP) is -2.42. The number of fused-ring (bicyclic) bond motifs is 1. The molecule has 2 aliphatic heterocycles. The van der Waals surface area contributed by atoms with Crippen LogP contribution in [0.4, 0.5) is 0 Å². The second-order valence-electron chi connectivity index (χ2n) is 10.8. The molecule has 2 aliphatic rings. The molecule has 2 aromatic carbocycles. The number of phenols is 2. The molecule has 2 fully saturated rings. The van der Waals surface area contributed by atoms with Gasteiger partial charge in [0, 0.05) is 17.7 Å². The fourth-order valence-corrected chi connectivity index (χ4v) is 5.48. The summed E-state index contributed by atoms with van der Waals surface area (Å²) in [4.78, 5) is 13.5. The minimum atomic E-state index is -1.97. The molecule has 1 aromatic heterocycles. The number of hydrogen-bond acceptors (Lipinski definition) is 17. The Bertz CT molecular complexity index is 1590. The van der Waals surface area contributed by atoms with Crippen LogP contribution in [0.3, 0.4) is 0 Å². The Labute approximate surface area is 259 Å². The van der Waals surface area contributed by atoms with Crippen LogP contribution in [0.25, 0.3) is 22.3 Å². The smallest absolute Gasteiger partial charge is 0.229 e. The third-order valence-corrected chi connectivity index (χ3v) is 8.03. The summed E-state index contributed by atoms with van der Waals surface area (Å²) in [6.45, 7) is -1.63. The average Bonchev–Trinajstić information content (AvgIpc) is 3.04. The molecule has 2 saturated heterocycles. The van der Waals surface area contributed by atoms with Crippen LogP contribution in [-0.4, -0.2) is 134 Å². The van der Waals surface area contributed by atoms with Gasteiger partial charge >= 0.3 is 0 Å². The molecule has 0 aliphatic carbocycles. The zero-order valence-electron chi connectivity index (χ0n) is 24.3. The van der Waals surface area contributed by atoms with Gasteiger partial charge < -0.3 is 79.2 Å². The minimum Gasteiger partial charge on any atom is -0.506 e. The second-order valence-corrected chi connectivity index (χ2v) is 10.8. The van der Waals surface area contributed by atoms with E-state index in [0.717, 1.165) is 12.1 Å². The molecule has 4 unspecified atom stereocenters. The van der Waals surface area contributed by atoms with Gasteiger partial charge in [-0.1, -0.05) is 0 Å². The largest absolute Gasteiger partial charge is 0.506 e. The highest BCUT2D eigenvalue weighted by atomic mass is 16.7. The van der Waals surface area contributed by atoms with E-state index in [-0.39, 0.29) is 34.2 Å². The van der Waals surface area contributed by atoms with Gasteiger partial charge in [-0.3, -0.25) is 4.79 Å². The standard InChI is InChI=1S/C29H34O17/c1-41-14-3-9(4-15(42-2)20(14)33)11-5-10(32)18-12(43-11)6-13(45-29-27(40)25(38)22(35)17(8-31)46-29)19(23(18)36)28-26(39)24(37)21(34)16(7-30)44-28/h3-6,16-17,21-22,24-31,33-40H,7-8H2,1-2H3/t16?,17?,21-,22-,24+,25+,26?,27?,28+,29-/m1/s1. The number of aromatic hydroxyl groups is 2. The molecular formula is C29H34O17. The van der Waals surface area contributed by atoms with Crippen molar-refractivity contribution in [1.82, 2.24) is 0 Å². The van der Waals surface area contributed by atoms with Crippen molar-refractivity contribution in [3.63, 3.8) is 0 Å². The van der Waals surface area contributed by atoms with E-state index in [0.29, 0.717) is 0 Å². The number of aliphatic hydroxyl groups excluding tert-OH is 8. The Morgan fingerprint density at radius 3 is 1.83 bits per heavy atom. The Balaban J connectivity index is 1.71. The number of methoxy groups -OCH3 is 2. The van der Waals surface area contributed by atoms with Gasteiger partial charge in [0.1, 0.15) is 83.2 Å². The van der Waals surface area contributed by atoms with Crippen molar-refractivity contribution in [2.45, 2.75) is 61.2 Å². The summed E-state index contributed by atoms with van der Waals surface area (Å²) in [5.41, 5.74) is -1.47. The first-order valence-corrected chi connectivity index (χ1v) is 13.9. The minimum absolute atomic E-state index is 0.0236. The molecule has 0 amide bonds. The van der Waals surface area contributed by atoms with Crippen LogP contribution in [0.5, 0.6) is 28.7 Å². The Morgan fingerprint density at radius 2 is 1.26 bits per heavy atom. The topological polar surface area (TPSA) is 279 Å². The number of phenolic OH excluding ortho intramolecular Hbond substituents is 2. The molecule has 10 N–H and O–H groups in total. The lowest BCUT2D eigenvalue weighted by Crippen LogP contribution is -2.60. The number of hydrogen-bond donors (Lipinski definition) is 10. The molecule has 0 bridgehead atoms. The van der Waals surface area contributed by atoms with Gasteiger partial charge in [0.2, 0.25) is 12.0 Å². The molecule has 3 heterocycles. The van der Waals surface area contributed by atoms with E-state index in [1.807, 2.05) is 0 Å². The third-order valence-electron chi connectivity index (χ3n) is 8.03. The zero-order chi connectivity index (χ0) is 33.6. The lowest BCUT2D eigenvalue weighted by Gasteiger charge is -2.42. The molecule has 3 aromatic rings. The molecule has 0 radical (unpaired) electrons. The fraction of sp³-hybridized carbons (Fsp3) is 0.483. The lowest BCUT2D eigenvalue weighted by molar-refractivity contribution is -0.278. The maximum Gasteiger partial charge on any atom is 0.229 e. The summed E-state index contributed by atoms with van der Waals surface area (Å²) in [6.07, 6.45) is -17.7. The maximum absolute atomic E-state index is 13.5. The van der Waals surface area contributed by atoms with Gasteiger partial charge in [0.05, 0.1) is 33.0 Å². The summed E-state index contributed by atoms with van der Waals surface area (Å²) in [7, 11) is 2.58. The van der Waals surface area contributed by atoms with Gasteiger partial charge in [-0.05, 0) is 12.1 Å². The van der Waals surface area contributed by atoms with E-state index in [1.54, 1.807) is 0 Å². The fourth-order valence-electron chi connectivity index (χ4n) is 5.48. The first kappa shape index (κ1) is 33.6. The van der Waals surface area contributed by atoms with Crippen molar-refractivity contribution in [3.8, 4) is 40.1 Å². The summed E-state index contributed by atoms with van der Waals surface area (Å²) in [5, 5.41) is 103.